The number of pyridine rings is 1. The molecular weight excluding hydrogens is 288 g/mol. The molecule has 0 saturated heterocycles. The number of aliphatic carboxylic acids is 1. The Labute approximate surface area is 126 Å². The van der Waals surface area contributed by atoms with Crippen LogP contribution in [-0.2, 0) is 11.8 Å². The Kier molecular flexibility index (Phi) is 3.89. The molecule has 0 aliphatic carbocycles. The number of carboxylic acids is 1. The number of aliphatic hydroxyl groups is 1. The molecule has 0 aliphatic heterocycles. The fourth-order valence-electron chi connectivity index (χ4n) is 2.08. The van der Waals surface area contributed by atoms with Crippen molar-refractivity contribution in [1.29, 1.82) is 0 Å². The second kappa shape index (κ2) is 5.38. The summed E-state index contributed by atoms with van der Waals surface area (Å²) in [5.41, 5.74) is 0.221. The second-order valence-corrected chi connectivity index (χ2v) is 5.46. The fraction of sp³-hybridized carbons (Fsp3) is 0.429. The first-order valence-corrected chi connectivity index (χ1v) is 6.68. The van der Waals surface area contributed by atoms with Gasteiger partial charge in [0.15, 0.2) is 11.2 Å². The minimum Gasteiger partial charge on any atom is -0.479 e. The predicted molar refractivity (Wildman–Crippen MR) is 78.6 cm³/mol. The zero-order valence-corrected chi connectivity index (χ0v) is 12.8. The van der Waals surface area contributed by atoms with Crippen molar-refractivity contribution < 1.29 is 19.8 Å². The molecule has 3 N–H and O–H groups in total. The maximum atomic E-state index is 12.2. The van der Waals surface area contributed by atoms with Crippen LogP contribution in [0.15, 0.2) is 6.07 Å². The number of nitrogens with zero attached hydrogens (tertiary/aromatic N) is 3. The van der Waals surface area contributed by atoms with Crippen molar-refractivity contribution in [3.63, 3.8) is 0 Å². The number of hydrogen-bond acceptors (Lipinski definition) is 5. The summed E-state index contributed by atoms with van der Waals surface area (Å²) in [6.07, 6.45) is 0. The van der Waals surface area contributed by atoms with Crippen molar-refractivity contribution in [3.8, 4) is 0 Å². The van der Waals surface area contributed by atoms with Gasteiger partial charge in [0, 0.05) is 12.4 Å². The van der Waals surface area contributed by atoms with Crippen molar-refractivity contribution in [2.24, 2.45) is 7.05 Å². The molecule has 0 bridgehead atoms. The van der Waals surface area contributed by atoms with Gasteiger partial charge in [0.1, 0.15) is 0 Å². The molecule has 1 unspecified atom stereocenters. The minimum absolute atomic E-state index is 0.324. The molecule has 2 rings (SSSR count). The smallest absolute Gasteiger partial charge is 0.337 e. The van der Waals surface area contributed by atoms with Gasteiger partial charge in [-0.05, 0) is 26.8 Å². The zero-order chi connectivity index (χ0) is 16.7. The van der Waals surface area contributed by atoms with Crippen LogP contribution in [-0.4, -0.2) is 49.0 Å². The highest BCUT2D eigenvalue weighted by Gasteiger charge is 2.30. The molecule has 0 fully saturated rings. The van der Waals surface area contributed by atoms with Crippen LogP contribution in [0.4, 0.5) is 0 Å². The number of fused-ring (bicyclic) bond motifs is 1. The van der Waals surface area contributed by atoms with Gasteiger partial charge in [-0.25, -0.2) is 9.78 Å². The van der Waals surface area contributed by atoms with E-state index in [0.717, 1.165) is 18.0 Å². The molecule has 2 aromatic rings. The number of amides is 1. The summed E-state index contributed by atoms with van der Waals surface area (Å²) in [6, 6.07) is 1.67. The first kappa shape index (κ1) is 15.9. The third-order valence-electron chi connectivity index (χ3n) is 3.49. The SMILES string of the molecule is Cc1nc2c(cc1C(=O)NCC(C)(O)C(=O)O)c(C)nn2C. The monoisotopic (exact) mass is 306 g/mol. The minimum atomic E-state index is -2.02. The number of hydrogen-bond donors (Lipinski definition) is 3. The molecule has 2 aromatic heterocycles. The van der Waals surface area contributed by atoms with E-state index in [9.17, 15) is 14.7 Å². The molecule has 8 heteroatoms. The Morgan fingerprint density at radius 1 is 1.36 bits per heavy atom. The lowest BCUT2D eigenvalue weighted by atomic mass is 10.1. The third kappa shape index (κ3) is 2.77. The van der Waals surface area contributed by atoms with Gasteiger partial charge in [-0.3, -0.25) is 9.48 Å². The second-order valence-electron chi connectivity index (χ2n) is 5.46. The summed E-state index contributed by atoms with van der Waals surface area (Å²) >= 11 is 0. The fourth-order valence-corrected chi connectivity index (χ4v) is 2.08. The van der Waals surface area contributed by atoms with Crippen LogP contribution in [0.25, 0.3) is 11.0 Å². The van der Waals surface area contributed by atoms with E-state index in [0.29, 0.717) is 16.9 Å². The zero-order valence-electron chi connectivity index (χ0n) is 12.8. The topological polar surface area (TPSA) is 117 Å². The van der Waals surface area contributed by atoms with E-state index >= 15 is 0 Å². The first-order valence-electron chi connectivity index (χ1n) is 6.68. The highest BCUT2D eigenvalue weighted by molar-refractivity contribution is 5.99. The number of aryl methyl sites for hydroxylation is 3. The third-order valence-corrected chi connectivity index (χ3v) is 3.49. The van der Waals surface area contributed by atoms with Crippen molar-refractivity contribution in [1.82, 2.24) is 20.1 Å². The van der Waals surface area contributed by atoms with Crippen LogP contribution >= 0.6 is 0 Å². The number of carboxylic acid groups (broad SMARTS) is 1. The van der Waals surface area contributed by atoms with E-state index in [1.54, 1.807) is 24.7 Å². The van der Waals surface area contributed by atoms with Gasteiger partial charge in [0.05, 0.1) is 23.5 Å². The van der Waals surface area contributed by atoms with Gasteiger partial charge < -0.3 is 15.5 Å². The summed E-state index contributed by atoms with van der Waals surface area (Å²) in [7, 11) is 1.77. The highest BCUT2D eigenvalue weighted by Crippen LogP contribution is 2.19. The lowest BCUT2D eigenvalue weighted by molar-refractivity contribution is -0.155. The maximum Gasteiger partial charge on any atom is 0.337 e. The molecule has 0 radical (unpaired) electrons. The lowest BCUT2D eigenvalue weighted by Crippen LogP contribution is -2.46. The van der Waals surface area contributed by atoms with Crippen LogP contribution in [0.5, 0.6) is 0 Å². The Hall–Kier alpha value is -2.48. The summed E-state index contributed by atoms with van der Waals surface area (Å²) in [5, 5.41) is 25.9. The number of carbonyl (C=O) groups is 2. The Bertz CT molecular complexity index is 764. The van der Waals surface area contributed by atoms with E-state index in [-0.39, 0.29) is 0 Å². The number of rotatable bonds is 4. The Morgan fingerprint density at radius 2 is 2.00 bits per heavy atom. The molecular formula is C14H18N4O4. The Morgan fingerprint density at radius 3 is 2.59 bits per heavy atom. The Balaban J connectivity index is 2.30. The van der Waals surface area contributed by atoms with Crippen molar-refractivity contribution >= 4 is 22.9 Å². The number of nitrogens with one attached hydrogen (secondary N) is 1. The van der Waals surface area contributed by atoms with Crippen LogP contribution in [0.3, 0.4) is 0 Å². The van der Waals surface area contributed by atoms with Gasteiger partial charge in [0.25, 0.3) is 5.91 Å². The van der Waals surface area contributed by atoms with Crippen LogP contribution in [0, 0.1) is 13.8 Å². The van der Waals surface area contributed by atoms with Gasteiger partial charge >= 0.3 is 5.97 Å². The summed E-state index contributed by atoms with van der Waals surface area (Å²) < 4.78 is 1.63. The molecule has 0 aromatic carbocycles. The highest BCUT2D eigenvalue weighted by atomic mass is 16.4. The molecule has 0 aliphatic rings. The van der Waals surface area contributed by atoms with Gasteiger partial charge in [-0.15, -0.1) is 0 Å². The van der Waals surface area contributed by atoms with Crippen molar-refractivity contribution in [3.05, 3.63) is 23.0 Å². The van der Waals surface area contributed by atoms with Crippen LogP contribution < -0.4 is 5.32 Å². The van der Waals surface area contributed by atoms with Crippen LogP contribution in [0.1, 0.15) is 28.7 Å². The van der Waals surface area contributed by atoms with E-state index in [4.69, 9.17) is 5.11 Å². The molecule has 1 atom stereocenters. The standard InChI is InChI=1S/C14H18N4O4/c1-7-10(12(19)15-6-14(3,22)13(20)21)5-9-8(2)17-18(4)11(9)16-7/h5,22H,6H2,1-4H3,(H,15,19)(H,20,21). The van der Waals surface area contributed by atoms with E-state index in [1.165, 1.54) is 0 Å². The first-order chi connectivity index (χ1) is 10.1. The van der Waals surface area contributed by atoms with Crippen molar-refractivity contribution in [2.75, 3.05) is 6.54 Å². The molecule has 1 amide bonds. The summed E-state index contributed by atoms with van der Waals surface area (Å²) in [5.74, 6) is -1.89. The number of carbonyl (C=O) groups excluding carboxylic acids is 1. The normalized spacial score (nSPS) is 13.9. The molecule has 2 heterocycles. The molecule has 0 saturated carbocycles. The lowest BCUT2D eigenvalue weighted by Gasteiger charge is -2.18. The summed E-state index contributed by atoms with van der Waals surface area (Å²) in [4.78, 5) is 27.4. The average Bonchev–Trinajstić information content (AvgIpc) is 2.70. The van der Waals surface area contributed by atoms with Gasteiger partial charge in [0.2, 0.25) is 0 Å². The summed E-state index contributed by atoms with van der Waals surface area (Å²) in [6.45, 7) is 4.22. The van der Waals surface area contributed by atoms with E-state index in [2.05, 4.69) is 15.4 Å². The van der Waals surface area contributed by atoms with Gasteiger partial charge in [-0.1, -0.05) is 0 Å². The predicted octanol–water partition coefficient (Wildman–Crippen LogP) is 0.151. The van der Waals surface area contributed by atoms with Crippen LogP contribution in [0.2, 0.25) is 0 Å². The number of aromatic nitrogens is 3. The quantitative estimate of drug-likeness (QED) is 0.740. The molecule has 118 valence electrons. The maximum absolute atomic E-state index is 12.2. The average molecular weight is 306 g/mol. The molecule has 22 heavy (non-hydrogen) atoms. The van der Waals surface area contributed by atoms with Gasteiger partial charge in [-0.2, -0.15) is 5.10 Å². The molecule has 0 spiro atoms. The molecule has 8 nitrogen and oxygen atoms in total. The van der Waals surface area contributed by atoms with E-state index in [1.807, 2.05) is 6.92 Å². The van der Waals surface area contributed by atoms with E-state index < -0.39 is 24.0 Å². The van der Waals surface area contributed by atoms with Crippen molar-refractivity contribution in [2.45, 2.75) is 26.4 Å². The largest absolute Gasteiger partial charge is 0.479 e.